The first-order chi connectivity index (χ1) is 17.8. The molecule has 1 aromatic heterocycles. The molecule has 4 aromatic rings. The molecular formula is C27H24N2O6S2. The van der Waals surface area contributed by atoms with Gasteiger partial charge in [-0.15, -0.1) is 6.42 Å². The minimum atomic E-state index is -3.39. The molecule has 0 radical (unpaired) electrons. The van der Waals surface area contributed by atoms with Gasteiger partial charge in [0.15, 0.2) is 26.5 Å². The molecule has 1 heterocycles. The molecule has 1 atom stereocenters. The van der Waals surface area contributed by atoms with Gasteiger partial charge in [0.2, 0.25) is 6.10 Å². The summed E-state index contributed by atoms with van der Waals surface area (Å²) in [5, 5.41) is 3.17. The first-order valence-electron chi connectivity index (χ1n) is 11.2. The lowest BCUT2D eigenvalue weighted by Gasteiger charge is -2.19. The van der Waals surface area contributed by atoms with E-state index in [0.29, 0.717) is 39.0 Å². The molecule has 8 nitrogen and oxygen atoms in total. The summed E-state index contributed by atoms with van der Waals surface area (Å²) >= 11 is 1.27. The number of nitrogens with zero attached hydrogens (tertiary/aromatic N) is 1. The van der Waals surface area contributed by atoms with E-state index in [0.717, 1.165) is 4.70 Å². The number of benzene rings is 3. The Labute approximate surface area is 219 Å². The third kappa shape index (κ3) is 5.69. The number of amides is 1. The number of hydrogen-bond donors (Lipinski definition) is 1. The van der Waals surface area contributed by atoms with Crippen molar-refractivity contribution in [3.63, 3.8) is 0 Å². The molecule has 0 aliphatic carbocycles. The maximum Gasteiger partial charge on any atom is 0.271 e. The summed E-state index contributed by atoms with van der Waals surface area (Å²) in [7, 11) is -0.312. The average molecular weight is 537 g/mol. The van der Waals surface area contributed by atoms with E-state index in [9.17, 15) is 13.2 Å². The van der Waals surface area contributed by atoms with E-state index in [4.69, 9.17) is 20.6 Å². The largest absolute Gasteiger partial charge is 0.493 e. The Bertz CT molecular complexity index is 1530. The summed E-state index contributed by atoms with van der Waals surface area (Å²) < 4.78 is 42.0. The molecule has 3 aromatic carbocycles. The zero-order valence-electron chi connectivity index (χ0n) is 20.3. The molecule has 10 heteroatoms. The van der Waals surface area contributed by atoms with Gasteiger partial charge < -0.3 is 14.2 Å². The molecule has 0 aliphatic rings. The van der Waals surface area contributed by atoms with Gasteiger partial charge in [-0.05, 0) is 36.4 Å². The van der Waals surface area contributed by atoms with Crippen LogP contribution in [0.4, 0.5) is 5.13 Å². The minimum Gasteiger partial charge on any atom is -0.493 e. The predicted molar refractivity (Wildman–Crippen MR) is 143 cm³/mol. The quantitative estimate of drug-likeness (QED) is 0.305. The Hall–Kier alpha value is -4.07. The highest BCUT2D eigenvalue weighted by molar-refractivity contribution is 7.91. The van der Waals surface area contributed by atoms with E-state index >= 15 is 0 Å². The van der Waals surface area contributed by atoms with Crippen molar-refractivity contribution in [2.24, 2.45) is 0 Å². The van der Waals surface area contributed by atoms with Crippen molar-refractivity contribution >= 4 is 42.4 Å². The maximum absolute atomic E-state index is 13.4. The molecule has 1 amide bonds. The van der Waals surface area contributed by atoms with Crippen molar-refractivity contribution in [2.45, 2.75) is 17.9 Å². The van der Waals surface area contributed by atoms with Crippen LogP contribution in [-0.2, 0) is 14.6 Å². The van der Waals surface area contributed by atoms with Crippen LogP contribution >= 0.6 is 11.3 Å². The van der Waals surface area contributed by atoms with Crippen LogP contribution in [-0.4, -0.2) is 39.3 Å². The first-order valence-corrected chi connectivity index (χ1v) is 13.6. The Morgan fingerprint density at radius 2 is 1.70 bits per heavy atom. The molecule has 0 fully saturated rings. The number of thiazole rings is 1. The highest BCUT2D eigenvalue weighted by Crippen LogP contribution is 2.36. The molecule has 0 bridgehead atoms. The van der Waals surface area contributed by atoms with E-state index in [1.165, 1.54) is 30.6 Å². The number of rotatable bonds is 9. The molecule has 0 aliphatic heterocycles. The number of anilines is 1. The third-order valence-corrected chi connectivity index (χ3v) is 8.24. The number of carbonyl (C=O) groups excluding carboxylic acids is 1. The number of carbonyl (C=O) groups is 1. The van der Waals surface area contributed by atoms with Crippen molar-refractivity contribution in [3.05, 3.63) is 71.8 Å². The molecule has 1 N–H and O–H groups in total. The standard InChI is InChI=1S/C27H24N2O6S2/c1-5-17-7-11-19(12-8-17)35-25(18-9-13-20(14-10-18)37(31,32)6-2)26(30)29-27-28-21-15-22(33-3)23(34-4)16-24(21)36-27/h1,7-16,25H,6H2,2-4H3,(H,28,29,30). The molecule has 37 heavy (non-hydrogen) atoms. The summed E-state index contributed by atoms with van der Waals surface area (Å²) in [5.74, 6) is 3.52. The van der Waals surface area contributed by atoms with Gasteiger partial charge in [0, 0.05) is 23.3 Å². The Balaban J connectivity index is 1.66. The van der Waals surface area contributed by atoms with Gasteiger partial charge in [-0.1, -0.05) is 36.3 Å². The van der Waals surface area contributed by atoms with Crippen LogP contribution in [0.1, 0.15) is 24.2 Å². The second-order valence-corrected chi connectivity index (χ2v) is 11.1. The summed E-state index contributed by atoms with van der Waals surface area (Å²) in [4.78, 5) is 18.1. The molecule has 1 unspecified atom stereocenters. The van der Waals surface area contributed by atoms with Gasteiger partial charge >= 0.3 is 0 Å². The third-order valence-electron chi connectivity index (χ3n) is 5.56. The van der Waals surface area contributed by atoms with E-state index < -0.39 is 21.8 Å². The van der Waals surface area contributed by atoms with E-state index in [1.807, 2.05) is 0 Å². The van der Waals surface area contributed by atoms with Gasteiger partial charge in [0.1, 0.15) is 5.75 Å². The number of nitrogens with one attached hydrogen (secondary N) is 1. The summed E-state index contributed by atoms with van der Waals surface area (Å²) in [5.41, 5.74) is 1.77. The Morgan fingerprint density at radius 3 is 2.30 bits per heavy atom. The Kier molecular flexibility index (Phi) is 7.66. The number of terminal acetylenes is 1. The van der Waals surface area contributed by atoms with Crippen LogP contribution in [0.5, 0.6) is 17.2 Å². The topological polar surface area (TPSA) is 104 Å². The van der Waals surface area contributed by atoms with Crippen molar-refractivity contribution in [3.8, 4) is 29.6 Å². The average Bonchev–Trinajstić information content (AvgIpc) is 3.32. The second kappa shape index (κ2) is 10.9. The van der Waals surface area contributed by atoms with Crippen LogP contribution in [0, 0.1) is 12.3 Å². The molecular weight excluding hydrogens is 512 g/mol. The van der Waals surface area contributed by atoms with E-state index in [1.54, 1.807) is 62.6 Å². The fourth-order valence-electron chi connectivity index (χ4n) is 3.53. The number of aromatic nitrogens is 1. The lowest BCUT2D eigenvalue weighted by atomic mass is 10.1. The number of methoxy groups -OCH3 is 2. The van der Waals surface area contributed by atoms with Crippen molar-refractivity contribution in [1.82, 2.24) is 4.98 Å². The highest BCUT2D eigenvalue weighted by atomic mass is 32.2. The van der Waals surface area contributed by atoms with Crippen molar-refractivity contribution < 1.29 is 27.4 Å². The van der Waals surface area contributed by atoms with Gasteiger partial charge in [0.25, 0.3) is 5.91 Å². The fourth-order valence-corrected chi connectivity index (χ4v) is 5.30. The van der Waals surface area contributed by atoms with E-state index in [2.05, 4.69) is 16.2 Å². The van der Waals surface area contributed by atoms with Crippen molar-refractivity contribution in [1.29, 1.82) is 0 Å². The number of fused-ring (bicyclic) bond motifs is 1. The molecule has 4 rings (SSSR count). The molecule has 190 valence electrons. The number of ether oxygens (including phenoxy) is 3. The van der Waals surface area contributed by atoms with Crippen LogP contribution in [0.3, 0.4) is 0 Å². The number of hydrogen-bond acceptors (Lipinski definition) is 8. The van der Waals surface area contributed by atoms with Gasteiger partial charge in [-0.25, -0.2) is 13.4 Å². The monoisotopic (exact) mass is 536 g/mol. The van der Waals surface area contributed by atoms with Crippen LogP contribution in [0.2, 0.25) is 0 Å². The molecule has 0 saturated carbocycles. The second-order valence-electron chi connectivity index (χ2n) is 7.82. The Morgan fingerprint density at radius 1 is 1.05 bits per heavy atom. The summed E-state index contributed by atoms with van der Waals surface area (Å²) in [6.45, 7) is 1.58. The first kappa shape index (κ1) is 26.0. The zero-order valence-corrected chi connectivity index (χ0v) is 22.0. The fraction of sp³-hybridized carbons (Fsp3) is 0.185. The number of sulfone groups is 1. The summed E-state index contributed by atoms with van der Waals surface area (Å²) in [6, 6.07) is 16.3. The SMILES string of the molecule is C#Cc1ccc(OC(C(=O)Nc2nc3cc(OC)c(OC)cc3s2)c2ccc(S(=O)(=O)CC)cc2)cc1. The maximum atomic E-state index is 13.4. The van der Waals surface area contributed by atoms with Crippen LogP contribution < -0.4 is 19.5 Å². The van der Waals surface area contributed by atoms with Crippen LogP contribution in [0.25, 0.3) is 10.2 Å². The van der Waals surface area contributed by atoms with Crippen molar-refractivity contribution in [2.75, 3.05) is 25.3 Å². The smallest absolute Gasteiger partial charge is 0.271 e. The van der Waals surface area contributed by atoms with Gasteiger partial charge in [0.05, 0.1) is 35.1 Å². The minimum absolute atomic E-state index is 0.0263. The molecule has 0 spiro atoms. The van der Waals surface area contributed by atoms with Gasteiger partial charge in [-0.3, -0.25) is 10.1 Å². The van der Waals surface area contributed by atoms with Crippen LogP contribution in [0.15, 0.2) is 65.6 Å². The highest BCUT2D eigenvalue weighted by Gasteiger charge is 2.25. The molecule has 0 saturated heterocycles. The zero-order chi connectivity index (χ0) is 26.6. The van der Waals surface area contributed by atoms with Gasteiger partial charge in [-0.2, -0.15) is 0 Å². The predicted octanol–water partition coefficient (Wildman–Crippen LogP) is 4.85. The lowest BCUT2D eigenvalue weighted by molar-refractivity contribution is -0.123. The van der Waals surface area contributed by atoms with E-state index in [-0.39, 0.29) is 10.6 Å². The summed E-state index contributed by atoms with van der Waals surface area (Å²) in [6.07, 6.45) is 4.34. The lowest BCUT2D eigenvalue weighted by Crippen LogP contribution is -2.25. The normalized spacial score (nSPS) is 11.9.